The van der Waals surface area contributed by atoms with Gasteiger partial charge >= 0.3 is 0 Å². The first-order valence-electron chi connectivity index (χ1n) is 9.49. The van der Waals surface area contributed by atoms with Crippen molar-refractivity contribution in [3.8, 4) is 0 Å². The van der Waals surface area contributed by atoms with Gasteiger partial charge in [0, 0.05) is 37.1 Å². The van der Waals surface area contributed by atoms with Gasteiger partial charge in [0.1, 0.15) is 0 Å². The van der Waals surface area contributed by atoms with Crippen LogP contribution in [0.1, 0.15) is 38.5 Å². The lowest BCUT2D eigenvalue weighted by molar-refractivity contribution is 0.306. The van der Waals surface area contributed by atoms with Crippen molar-refractivity contribution in [3.05, 3.63) is 22.4 Å². The number of nitrogens with zero attached hydrogens (tertiary/aromatic N) is 2. The molecular weight excluding hydrogens is 495 g/mol. The molecule has 0 saturated carbocycles. The Morgan fingerprint density at radius 1 is 1.37 bits per heavy atom. The third kappa shape index (κ3) is 8.25. The highest BCUT2D eigenvalue weighted by atomic mass is 127. The van der Waals surface area contributed by atoms with E-state index in [-0.39, 0.29) is 35.8 Å². The molecule has 0 amide bonds. The van der Waals surface area contributed by atoms with Crippen molar-refractivity contribution in [3.63, 3.8) is 0 Å². The highest BCUT2D eigenvalue weighted by Gasteiger charge is 2.27. The molecule has 156 valence electrons. The van der Waals surface area contributed by atoms with Gasteiger partial charge in [0.05, 0.1) is 5.75 Å². The van der Waals surface area contributed by atoms with Crippen LogP contribution in [0.15, 0.2) is 22.5 Å². The number of hydrogen-bond acceptors (Lipinski definition) is 4. The van der Waals surface area contributed by atoms with Gasteiger partial charge in [-0.15, -0.1) is 35.3 Å². The fourth-order valence-electron chi connectivity index (χ4n) is 3.06. The molecule has 0 spiro atoms. The van der Waals surface area contributed by atoms with Crippen LogP contribution in [0.4, 0.5) is 0 Å². The predicted octanol–water partition coefficient (Wildman–Crippen LogP) is 2.91. The summed E-state index contributed by atoms with van der Waals surface area (Å²) in [5.41, 5.74) is 0. The highest BCUT2D eigenvalue weighted by Crippen LogP contribution is 2.16. The molecular formula is C18H33IN4O2S2. The van der Waals surface area contributed by atoms with Crippen LogP contribution in [0.3, 0.4) is 0 Å². The van der Waals surface area contributed by atoms with Gasteiger partial charge in [-0.25, -0.2) is 12.7 Å². The van der Waals surface area contributed by atoms with E-state index in [1.807, 2.05) is 0 Å². The van der Waals surface area contributed by atoms with Gasteiger partial charge in [-0.3, -0.25) is 4.99 Å². The number of rotatable bonds is 8. The molecule has 1 aromatic rings. The van der Waals surface area contributed by atoms with E-state index in [4.69, 9.17) is 4.99 Å². The molecule has 1 saturated heterocycles. The van der Waals surface area contributed by atoms with Gasteiger partial charge in [-0.1, -0.05) is 13.0 Å². The topological polar surface area (TPSA) is 73.8 Å². The van der Waals surface area contributed by atoms with Crippen molar-refractivity contribution in [2.24, 2.45) is 10.9 Å². The molecule has 0 aromatic carbocycles. The first-order chi connectivity index (χ1) is 12.4. The van der Waals surface area contributed by atoms with Crippen LogP contribution in [0.25, 0.3) is 0 Å². The Bertz CT molecular complexity index is 657. The fraction of sp³-hybridized carbons (Fsp3) is 0.722. The minimum Gasteiger partial charge on any atom is -0.357 e. The van der Waals surface area contributed by atoms with E-state index >= 15 is 0 Å². The molecule has 1 atom stereocenters. The third-order valence-electron chi connectivity index (χ3n) is 4.59. The summed E-state index contributed by atoms with van der Waals surface area (Å²) in [6.45, 7) is 8.74. The second-order valence-electron chi connectivity index (χ2n) is 6.83. The van der Waals surface area contributed by atoms with E-state index < -0.39 is 10.0 Å². The number of sulfonamides is 1. The van der Waals surface area contributed by atoms with Gasteiger partial charge in [-0.05, 0) is 50.5 Å². The first kappa shape index (κ1) is 24.6. The molecule has 1 fully saturated rings. The SMILES string of the molecule is CCNC(=NCC(C)Cc1cccs1)NC1CCN(S(=O)(=O)CC)CC1.I. The molecule has 1 aliphatic heterocycles. The molecule has 0 aliphatic carbocycles. The number of nitrogens with one attached hydrogen (secondary N) is 2. The fourth-order valence-corrected chi connectivity index (χ4v) is 5.06. The summed E-state index contributed by atoms with van der Waals surface area (Å²) >= 11 is 1.79. The summed E-state index contributed by atoms with van der Waals surface area (Å²) in [7, 11) is -3.07. The molecule has 1 aliphatic rings. The molecule has 6 nitrogen and oxygen atoms in total. The van der Waals surface area contributed by atoms with Gasteiger partial charge in [-0.2, -0.15) is 0 Å². The Balaban J connectivity index is 0.00000364. The Morgan fingerprint density at radius 2 is 2.07 bits per heavy atom. The Kier molecular flexibility index (Phi) is 11.2. The van der Waals surface area contributed by atoms with Crippen LogP contribution in [0, 0.1) is 5.92 Å². The van der Waals surface area contributed by atoms with Crippen LogP contribution >= 0.6 is 35.3 Å². The second kappa shape index (κ2) is 12.2. The van der Waals surface area contributed by atoms with Crippen LogP contribution in [0.5, 0.6) is 0 Å². The van der Waals surface area contributed by atoms with Crippen molar-refractivity contribution in [2.45, 2.75) is 46.1 Å². The standard InChI is InChI=1S/C18H32N4O2S2.HI/c1-4-19-18(20-14-15(3)13-17-7-6-12-25-17)21-16-8-10-22(11-9-16)26(23,24)5-2;/h6-7,12,15-16H,4-5,8-11,13-14H2,1-3H3,(H2,19,20,21);1H. The number of halogens is 1. The zero-order chi connectivity index (χ0) is 19.0. The van der Waals surface area contributed by atoms with E-state index in [0.29, 0.717) is 19.0 Å². The number of aliphatic imine (C=N–C) groups is 1. The summed E-state index contributed by atoms with van der Waals surface area (Å²) in [4.78, 5) is 6.14. The van der Waals surface area contributed by atoms with E-state index in [9.17, 15) is 8.42 Å². The minimum atomic E-state index is -3.07. The van der Waals surface area contributed by atoms with Crippen LogP contribution < -0.4 is 10.6 Å². The zero-order valence-electron chi connectivity index (χ0n) is 16.5. The highest BCUT2D eigenvalue weighted by molar-refractivity contribution is 14.0. The summed E-state index contributed by atoms with van der Waals surface area (Å²) in [5, 5.41) is 8.90. The van der Waals surface area contributed by atoms with E-state index in [2.05, 4.69) is 42.0 Å². The molecule has 9 heteroatoms. The average molecular weight is 529 g/mol. The Labute approximate surface area is 185 Å². The van der Waals surface area contributed by atoms with Crippen molar-refractivity contribution < 1.29 is 8.42 Å². The summed E-state index contributed by atoms with van der Waals surface area (Å²) in [5.74, 6) is 1.50. The second-order valence-corrected chi connectivity index (χ2v) is 10.1. The van der Waals surface area contributed by atoms with Crippen molar-refractivity contribution in [2.75, 3.05) is 31.9 Å². The molecule has 0 radical (unpaired) electrons. The molecule has 2 rings (SSSR count). The molecule has 27 heavy (non-hydrogen) atoms. The van der Waals surface area contributed by atoms with E-state index in [0.717, 1.165) is 38.3 Å². The third-order valence-corrected chi connectivity index (χ3v) is 7.37. The summed E-state index contributed by atoms with van der Waals surface area (Å²) < 4.78 is 25.5. The number of hydrogen-bond donors (Lipinski definition) is 2. The van der Waals surface area contributed by atoms with Crippen molar-refractivity contribution >= 4 is 51.3 Å². The van der Waals surface area contributed by atoms with Gasteiger partial charge in [0.25, 0.3) is 0 Å². The molecule has 2 heterocycles. The van der Waals surface area contributed by atoms with Crippen LogP contribution in [-0.4, -0.2) is 56.7 Å². The maximum atomic E-state index is 12.0. The van der Waals surface area contributed by atoms with Gasteiger partial charge in [0.15, 0.2) is 5.96 Å². The maximum absolute atomic E-state index is 12.0. The largest absolute Gasteiger partial charge is 0.357 e. The number of piperidine rings is 1. The van der Waals surface area contributed by atoms with E-state index in [1.54, 1.807) is 22.6 Å². The molecule has 0 bridgehead atoms. The Hall–Kier alpha value is -0.390. The summed E-state index contributed by atoms with van der Waals surface area (Å²) in [6, 6.07) is 4.53. The van der Waals surface area contributed by atoms with E-state index in [1.165, 1.54) is 4.88 Å². The van der Waals surface area contributed by atoms with Crippen molar-refractivity contribution in [1.29, 1.82) is 0 Å². The monoisotopic (exact) mass is 528 g/mol. The van der Waals surface area contributed by atoms with Crippen molar-refractivity contribution in [1.82, 2.24) is 14.9 Å². The summed E-state index contributed by atoms with van der Waals surface area (Å²) in [6.07, 6.45) is 2.68. The number of guanidine groups is 1. The average Bonchev–Trinajstić information content (AvgIpc) is 3.13. The lowest BCUT2D eigenvalue weighted by Gasteiger charge is -2.32. The maximum Gasteiger partial charge on any atom is 0.213 e. The van der Waals surface area contributed by atoms with Gasteiger partial charge in [0.2, 0.25) is 10.0 Å². The first-order valence-corrected chi connectivity index (χ1v) is 12.0. The lowest BCUT2D eigenvalue weighted by Crippen LogP contribution is -2.50. The van der Waals surface area contributed by atoms with Crippen LogP contribution in [0.2, 0.25) is 0 Å². The molecule has 1 unspecified atom stereocenters. The van der Waals surface area contributed by atoms with Gasteiger partial charge < -0.3 is 10.6 Å². The quantitative estimate of drug-likeness (QED) is 0.309. The molecule has 2 N–H and O–H groups in total. The lowest BCUT2D eigenvalue weighted by atomic mass is 10.1. The molecule has 1 aromatic heterocycles. The predicted molar refractivity (Wildman–Crippen MR) is 126 cm³/mol. The zero-order valence-corrected chi connectivity index (χ0v) is 20.4. The number of thiophene rings is 1. The Morgan fingerprint density at radius 3 is 2.63 bits per heavy atom. The minimum absolute atomic E-state index is 0. The normalized spacial score (nSPS) is 18.0. The smallest absolute Gasteiger partial charge is 0.213 e. The van der Waals surface area contributed by atoms with Crippen LogP contribution in [-0.2, 0) is 16.4 Å².